The van der Waals surface area contributed by atoms with Gasteiger partial charge < -0.3 is 18.6 Å². The van der Waals surface area contributed by atoms with Crippen molar-refractivity contribution in [3.63, 3.8) is 0 Å². The maximum Gasteiger partial charge on any atom is 0.257 e. The van der Waals surface area contributed by atoms with Gasteiger partial charge in [-0.05, 0) is 17.7 Å². The number of thioether (sulfide) groups is 1. The zero-order valence-electron chi connectivity index (χ0n) is 17.6. The summed E-state index contributed by atoms with van der Waals surface area (Å²) >= 11 is 1.52. The molecule has 0 spiro atoms. The molecule has 0 unspecified atom stereocenters. The van der Waals surface area contributed by atoms with Crippen molar-refractivity contribution in [3.05, 3.63) is 78.4 Å². The molecule has 4 aromatic rings. The molecule has 0 N–H and O–H groups in total. The normalized spacial score (nSPS) is 10.7. The minimum Gasteiger partial charge on any atom is -0.493 e. The van der Waals surface area contributed by atoms with Gasteiger partial charge in [-0.25, -0.2) is 4.98 Å². The Labute approximate surface area is 186 Å². The predicted octanol–water partition coefficient (Wildman–Crippen LogP) is 6.33. The van der Waals surface area contributed by atoms with Gasteiger partial charge in [-0.3, -0.25) is 0 Å². The van der Waals surface area contributed by atoms with Gasteiger partial charge in [0.25, 0.3) is 5.22 Å². The van der Waals surface area contributed by atoms with Crippen LogP contribution in [0, 0.1) is 0 Å². The molecule has 0 radical (unpaired) electrons. The maximum atomic E-state index is 6.20. The molecule has 0 amide bonds. The Morgan fingerprint density at radius 3 is 1.90 bits per heavy atom. The van der Waals surface area contributed by atoms with E-state index in [2.05, 4.69) is 0 Å². The Balaban J connectivity index is 1.65. The number of methoxy groups -OCH3 is 3. The molecule has 0 aliphatic rings. The summed E-state index contributed by atoms with van der Waals surface area (Å²) in [4.78, 5) is 4.80. The molecule has 3 aromatic carbocycles. The molecule has 1 heterocycles. The lowest BCUT2D eigenvalue weighted by molar-refractivity contribution is 0.324. The molecule has 0 aliphatic carbocycles. The highest BCUT2D eigenvalue weighted by Crippen LogP contribution is 2.41. The first kappa shape index (κ1) is 20.9. The fourth-order valence-corrected chi connectivity index (χ4v) is 4.06. The van der Waals surface area contributed by atoms with Crippen LogP contribution in [0.5, 0.6) is 17.2 Å². The van der Waals surface area contributed by atoms with Gasteiger partial charge in [0.1, 0.15) is 5.69 Å². The fraction of sp³-hybridized carbons (Fsp3) is 0.160. The van der Waals surface area contributed by atoms with E-state index in [0.29, 0.717) is 28.2 Å². The predicted molar refractivity (Wildman–Crippen MR) is 123 cm³/mol. The first-order chi connectivity index (χ1) is 15.2. The van der Waals surface area contributed by atoms with E-state index < -0.39 is 0 Å². The number of hydrogen-bond acceptors (Lipinski definition) is 6. The molecule has 4 rings (SSSR count). The van der Waals surface area contributed by atoms with Gasteiger partial charge in [0.05, 0.1) is 21.3 Å². The number of benzene rings is 3. The molecule has 31 heavy (non-hydrogen) atoms. The van der Waals surface area contributed by atoms with Crippen LogP contribution in [-0.2, 0) is 5.75 Å². The van der Waals surface area contributed by atoms with Crippen LogP contribution in [0.4, 0.5) is 0 Å². The molecule has 0 aliphatic heterocycles. The highest BCUT2D eigenvalue weighted by Gasteiger charge is 2.18. The second-order valence-electron chi connectivity index (χ2n) is 6.71. The van der Waals surface area contributed by atoms with Gasteiger partial charge in [0, 0.05) is 16.9 Å². The van der Waals surface area contributed by atoms with Crippen LogP contribution in [0.2, 0.25) is 0 Å². The first-order valence-electron chi connectivity index (χ1n) is 9.76. The third-order valence-electron chi connectivity index (χ3n) is 4.78. The SMILES string of the molecule is COc1cc(CSc2nc(-c3ccccc3)c(-c3ccccc3)o2)cc(OC)c1OC. The van der Waals surface area contributed by atoms with E-state index in [1.807, 2.05) is 72.8 Å². The second-order valence-corrected chi connectivity index (χ2v) is 7.64. The van der Waals surface area contributed by atoms with Crippen LogP contribution < -0.4 is 14.2 Å². The van der Waals surface area contributed by atoms with E-state index in [1.54, 1.807) is 21.3 Å². The molecule has 0 saturated carbocycles. The van der Waals surface area contributed by atoms with Gasteiger partial charge in [0.2, 0.25) is 5.75 Å². The van der Waals surface area contributed by atoms with E-state index in [4.69, 9.17) is 23.6 Å². The lowest BCUT2D eigenvalue weighted by atomic mass is 10.1. The van der Waals surface area contributed by atoms with Crippen molar-refractivity contribution < 1.29 is 18.6 Å². The monoisotopic (exact) mass is 433 g/mol. The Hall–Kier alpha value is -3.38. The maximum absolute atomic E-state index is 6.20. The molecular weight excluding hydrogens is 410 g/mol. The third-order valence-corrected chi connectivity index (χ3v) is 5.68. The topological polar surface area (TPSA) is 53.7 Å². The average Bonchev–Trinajstić information content (AvgIpc) is 3.27. The zero-order valence-corrected chi connectivity index (χ0v) is 18.4. The standard InChI is InChI=1S/C25H23NO4S/c1-27-20-14-17(15-21(28-2)24(20)29-3)16-31-25-26-22(18-10-6-4-7-11-18)23(30-25)19-12-8-5-9-13-19/h4-15H,16H2,1-3H3. The minimum absolute atomic E-state index is 0.576. The largest absolute Gasteiger partial charge is 0.493 e. The molecule has 1 aromatic heterocycles. The van der Waals surface area contributed by atoms with Crippen molar-refractivity contribution in [2.45, 2.75) is 11.0 Å². The molecule has 0 atom stereocenters. The van der Waals surface area contributed by atoms with Crippen molar-refractivity contribution in [2.75, 3.05) is 21.3 Å². The van der Waals surface area contributed by atoms with Gasteiger partial charge in [-0.2, -0.15) is 0 Å². The summed E-state index contributed by atoms with van der Waals surface area (Å²) in [6, 6.07) is 24.0. The van der Waals surface area contributed by atoms with Gasteiger partial charge >= 0.3 is 0 Å². The Morgan fingerprint density at radius 2 is 1.35 bits per heavy atom. The van der Waals surface area contributed by atoms with Crippen LogP contribution >= 0.6 is 11.8 Å². The summed E-state index contributed by atoms with van der Waals surface area (Å²) in [7, 11) is 4.82. The smallest absolute Gasteiger partial charge is 0.257 e. The fourth-order valence-electron chi connectivity index (χ4n) is 3.30. The van der Waals surface area contributed by atoms with Crippen LogP contribution in [0.15, 0.2) is 82.4 Å². The minimum atomic E-state index is 0.576. The third kappa shape index (κ3) is 4.54. The van der Waals surface area contributed by atoms with Crippen LogP contribution in [-0.4, -0.2) is 26.3 Å². The molecular formula is C25H23NO4S. The number of rotatable bonds is 8. The summed E-state index contributed by atoms with van der Waals surface area (Å²) in [5.41, 5.74) is 3.86. The highest BCUT2D eigenvalue weighted by molar-refractivity contribution is 7.98. The molecule has 0 bridgehead atoms. The van der Waals surface area contributed by atoms with E-state index in [0.717, 1.165) is 28.1 Å². The Kier molecular flexibility index (Phi) is 6.48. The highest BCUT2D eigenvalue weighted by atomic mass is 32.2. The number of aromatic nitrogens is 1. The summed E-state index contributed by atoms with van der Waals surface area (Å²) in [6.07, 6.45) is 0. The number of ether oxygens (including phenoxy) is 3. The lowest BCUT2D eigenvalue weighted by Gasteiger charge is -2.13. The average molecular weight is 434 g/mol. The number of hydrogen-bond donors (Lipinski definition) is 0. The van der Waals surface area contributed by atoms with Crippen molar-refractivity contribution in [3.8, 4) is 39.8 Å². The van der Waals surface area contributed by atoms with Crippen molar-refractivity contribution in [1.29, 1.82) is 0 Å². The summed E-state index contributed by atoms with van der Waals surface area (Å²) in [5.74, 6) is 3.23. The van der Waals surface area contributed by atoms with Crippen molar-refractivity contribution in [2.24, 2.45) is 0 Å². The quantitative estimate of drug-likeness (QED) is 0.303. The summed E-state index contributed by atoms with van der Waals surface area (Å²) in [6.45, 7) is 0. The van der Waals surface area contributed by atoms with Crippen LogP contribution in [0.3, 0.4) is 0 Å². The van der Waals surface area contributed by atoms with Gasteiger partial charge in [0.15, 0.2) is 17.3 Å². The van der Waals surface area contributed by atoms with E-state index in [-0.39, 0.29) is 0 Å². The van der Waals surface area contributed by atoms with E-state index in [9.17, 15) is 0 Å². The van der Waals surface area contributed by atoms with E-state index in [1.165, 1.54) is 11.8 Å². The lowest BCUT2D eigenvalue weighted by Crippen LogP contribution is -1.96. The molecule has 0 saturated heterocycles. The van der Waals surface area contributed by atoms with Crippen molar-refractivity contribution >= 4 is 11.8 Å². The Morgan fingerprint density at radius 1 is 0.774 bits per heavy atom. The molecule has 158 valence electrons. The Bertz CT molecular complexity index is 1060. The molecule has 6 heteroatoms. The number of oxazole rings is 1. The number of nitrogens with zero attached hydrogens (tertiary/aromatic N) is 1. The summed E-state index contributed by atoms with van der Waals surface area (Å²) < 4.78 is 22.5. The van der Waals surface area contributed by atoms with Crippen molar-refractivity contribution in [1.82, 2.24) is 4.98 Å². The summed E-state index contributed by atoms with van der Waals surface area (Å²) in [5, 5.41) is 0.603. The van der Waals surface area contributed by atoms with Gasteiger partial charge in [-0.1, -0.05) is 72.4 Å². The first-order valence-corrected chi connectivity index (χ1v) is 10.8. The van der Waals surface area contributed by atoms with E-state index >= 15 is 0 Å². The zero-order chi connectivity index (χ0) is 21.6. The van der Waals surface area contributed by atoms with Gasteiger partial charge in [-0.15, -0.1) is 0 Å². The van der Waals surface area contributed by atoms with Crippen LogP contribution in [0.1, 0.15) is 5.56 Å². The molecule has 0 fully saturated rings. The second kappa shape index (κ2) is 9.62. The molecule has 5 nitrogen and oxygen atoms in total. The van der Waals surface area contributed by atoms with Crippen LogP contribution in [0.25, 0.3) is 22.6 Å².